The van der Waals surface area contributed by atoms with Crippen LogP contribution in [0.15, 0.2) is 104 Å². The van der Waals surface area contributed by atoms with Crippen LogP contribution < -0.4 is 21.5 Å². The number of aliphatic hydroxyl groups is 1. The first-order chi connectivity index (χ1) is 16.9. The summed E-state index contributed by atoms with van der Waals surface area (Å²) in [5.74, 6) is 0. The van der Waals surface area contributed by atoms with E-state index < -0.39 is 15.2 Å². The number of hydrogen-bond donors (Lipinski definition) is 1. The minimum Gasteiger partial charge on any atom is -0.418 e. The summed E-state index contributed by atoms with van der Waals surface area (Å²) in [4.78, 5) is 7.25. The van der Waals surface area contributed by atoms with Crippen LogP contribution in [0.3, 0.4) is 0 Å². The van der Waals surface area contributed by atoms with Crippen molar-refractivity contribution in [3.05, 3.63) is 141 Å². The smallest absolute Gasteiger partial charge is 0.418 e. The number of nitrogens with zero attached hydrogens (tertiary/aromatic N) is 1. The summed E-state index contributed by atoms with van der Waals surface area (Å²) in [7, 11) is -6.45. The molecule has 0 unspecified atom stereocenters. The Hall–Kier alpha value is -2.16. The SMILES string of the molecule is C=CCO.F[B-](F)(F)F.[CH]1[CH][CH][CH][CH]1.[N]=O.[Re].c1ccc(P(c2ccccc2)c2ccccc2)cc1. The third kappa shape index (κ3) is 19.1. The van der Waals surface area contributed by atoms with Gasteiger partial charge in [0.2, 0.25) is 0 Å². The van der Waals surface area contributed by atoms with E-state index in [9.17, 15) is 17.3 Å². The van der Waals surface area contributed by atoms with E-state index in [-0.39, 0.29) is 27.0 Å². The normalized spacial score (nSPS) is 11.4. The molecule has 36 heavy (non-hydrogen) atoms. The van der Waals surface area contributed by atoms with Gasteiger partial charge in [-0.2, -0.15) is 0 Å². The summed E-state index contributed by atoms with van der Waals surface area (Å²) < 4.78 is 39.0. The Balaban J connectivity index is 0. The zero-order valence-corrected chi connectivity index (χ0v) is 22.9. The van der Waals surface area contributed by atoms with Gasteiger partial charge in [0.15, 0.2) is 0 Å². The van der Waals surface area contributed by atoms with Crippen molar-refractivity contribution in [2.24, 2.45) is 0 Å². The maximum absolute atomic E-state index is 9.75. The van der Waals surface area contributed by atoms with Crippen LogP contribution in [0.4, 0.5) is 17.3 Å². The van der Waals surface area contributed by atoms with Crippen molar-refractivity contribution in [3.63, 3.8) is 0 Å². The van der Waals surface area contributed by atoms with E-state index in [0.29, 0.717) is 0 Å². The van der Waals surface area contributed by atoms with Gasteiger partial charge in [0.05, 0.1) is 6.61 Å². The monoisotopic (exact) mass is 689 g/mol. The molecule has 0 heterocycles. The van der Waals surface area contributed by atoms with Gasteiger partial charge < -0.3 is 22.4 Å². The van der Waals surface area contributed by atoms with E-state index in [4.69, 9.17) is 15.6 Å². The molecule has 0 spiro atoms. The molecule has 7 radical (unpaired) electrons. The first-order valence-electron chi connectivity index (χ1n) is 10.3. The molecular formula is C26H26BF4NO2PRe-. The van der Waals surface area contributed by atoms with Gasteiger partial charge in [0.1, 0.15) is 5.59 Å². The van der Waals surface area contributed by atoms with Crippen molar-refractivity contribution in [3.8, 4) is 0 Å². The molecule has 0 aromatic heterocycles. The third-order valence-corrected chi connectivity index (χ3v) is 6.17. The van der Waals surface area contributed by atoms with Crippen molar-refractivity contribution in [2.45, 2.75) is 0 Å². The van der Waals surface area contributed by atoms with Crippen molar-refractivity contribution >= 4 is 31.1 Å². The molecule has 3 aromatic rings. The fraction of sp³-hybridized carbons (Fsp3) is 0.0385. The van der Waals surface area contributed by atoms with Crippen molar-refractivity contribution in [2.75, 3.05) is 6.61 Å². The average Bonchev–Trinajstić information content (AvgIpc) is 3.47. The quantitative estimate of drug-likeness (QED) is 0.171. The van der Waals surface area contributed by atoms with Crippen LogP contribution >= 0.6 is 7.92 Å². The van der Waals surface area contributed by atoms with Crippen LogP contribution in [0.5, 0.6) is 0 Å². The van der Waals surface area contributed by atoms with Crippen LogP contribution in [0, 0.1) is 37.0 Å². The predicted octanol–water partition coefficient (Wildman–Crippen LogP) is 5.48. The number of halogens is 4. The van der Waals surface area contributed by atoms with Gasteiger partial charge in [-0.25, -0.2) is 0 Å². The van der Waals surface area contributed by atoms with Crippen LogP contribution in [0.25, 0.3) is 0 Å². The summed E-state index contributed by atoms with van der Waals surface area (Å²) >= 11 is 0. The molecule has 3 nitrogen and oxygen atoms in total. The van der Waals surface area contributed by atoms with Gasteiger partial charge in [0, 0.05) is 20.4 Å². The van der Waals surface area contributed by atoms with Gasteiger partial charge in [-0.3, -0.25) is 0 Å². The number of hydrogen-bond acceptors (Lipinski definition) is 2. The largest absolute Gasteiger partial charge is 0.673 e. The van der Waals surface area contributed by atoms with E-state index >= 15 is 0 Å². The Morgan fingerprint density at radius 1 is 0.667 bits per heavy atom. The fourth-order valence-corrected chi connectivity index (χ4v) is 4.80. The van der Waals surface area contributed by atoms with Crippen molar-refractivity contribution in [1.29, 1.82) is 0 Å². The minimum atomic E-state index is -6.00. The van der Waals surface area contributed by atoms with Crippen LogP contribution in [-0.4, -0.2) is 19.0 Å². The fourth-order valence-electron chi connectivity index (χ4n) is 2.50. The Kier molecular flexibility index (Phi) is 23.2. The number of benzene rings is 3. The third-order valence-electron chi connectivity index (χ3n) is 3.73. The summed E-state index contributed by atoms with van der Waals surface area (Å²) in [6.45, 7) is 3.31. The molecule has 1 N–H and O–H groups in total. The molecule has 0 aliphatic heterocycles. The maximum Gasteiger partial charge on any atom is 0.673 e. The molecule has 10 heteroatoms. The molecule has 0 amide bonds. The molecule has 0 saturated heterocycles. The number of rotatable bonds is 4. The van der Waals surface area contributed by atoms with Crippen LogP contribution in [-0.2, 0) is 20.4 Å². The molecule has 0 bridgehead atoms. The maximum atomic E-state index is 9.75. The van der Waals surface area contributed by atoms with E-state index in [1.54, 1.807) is 0 Å². The Bertz CT molecular complexity index is 783. The minimum absolute atomic E-state index is 0. The summed E-state index contributed by atoms with van der Waals surface area (Å²) in [6, 6.07) is 32.3. The molecule has 1 saturated carbocycles. The molecule has 191 valence electrons. The zero-order chi connectivity index (χ0) is 26.4. The Morgan fingerprint density at radius 2 is 0.861 bits per heavy atom. The van der Waals surface area contributed by atoms with E-state index in [1.807, 2.05) is 32.1 Å². The zero-order valence-electron chi connectivity index (χ0n) is 19.3. The Labute approximate surface area is 226 Å². The topological polar surface area (TPSA) is 59.6 Å². The van der Waals surface area contributed by atoms with Crippen LogP contribution in [0.2, 0.25) is 0 Å². The number of nitroso groups, excluding NO2 is 1. The first kappa shape index (κ1) is 36.0. The van der Waals surface area contributed by atoms with Gasteiger partial charge in [-0.05, 0) is 55.9 Å². The summed E-state index contributed by atoms with van der Waals surface area (Å²) in [5, 5.41) is 12.0. The summed E-state index contributed by atoms with van der Waals surface area (Å²) in [6.07, 6.45) is 11.4. The average molecular weight is 688 g/mol. The predicted molar refractivity (Wildman–Crippen MR) is 140 cm³/mol. The van der Waals surface area contributed by atoms with Gasteiger partial charge in [-0.1, -0.05) is 97.1 Å². The first-order valence-corrected chi connectivity index (χ1v) is 11.6. The molecule has 0 atom stereocenters. The molecule has 1 aliphatic rings. The Morgan fingerprint density at radius 3 is 1.03 bits per heavy atom. The molecular weight excluding hydrogens is 662 g/mol. The number of aliphatic hydroxyl groups excluding tert-OH is 1. The second-order valence-corrected chi connectivity index (χ2v) is 8.49. The van der Waals surface area contributed by atoms with E-state index in [2.05, 4.69) is 97.6 Å². The van der Waals surface area contributed by atoms with E-state index in [1.165, 1.54) is 22.0 Å². The second-order valence-electron chi connectivity index (χ2n) is 6.27. The molecule has 4 rings (SSSR count). The molecule has 1 fully saturated rings. The second kappa shape index (κ2) is 23.2. The van der Waals surface area contributed by atoms with Gasteiger partial charge in [0.25, 0.3) is 0 Å². The summed E-state index contributed by atoms with van der Waals surface area (Å²) in [5.41, 5.74) is 5.75. The van der Waals surface area contributed by atoms with E-state index in [0.717, 1.165) is 0 Å². The molecule has 1 aliphatic carbocycles. The van der Waals surface area contributed by atoms with Gasteiger partial charge in [-0.15, -0.1) is 11.5 Å². The van der Waals surface area contributed by atoms with Crippen molar-refractivity contribution in [1.82, 2.24) is 5.59 Å². The van der Waals surface area contributed by atoms with Gasteiger partial charge >= 0.3 is 7.25 Å². The van der Waals surface area contributed by atoms with Crippen LogP contribution in [0.1, 0.15) is 0 Å². The molecule has 3 aromatic carbocycles. The standard InChI is InChI=1S/C18H15P.C5H5.C3H6O.BF4.NO.Re/c1-4-10-16(11-5-1)19(17-12-6-2-7-13-17)18-14-8-3-9-15-18;1-2-4-5-3-1;1-2-3-4;2-1(3,4)5;1-2;/h1-15H;1-5H;2,4H,1,3H2;;;/q;;;-1;;. The van der Waals surface area contributed by atoms with Crippen molar-refractivity contribution < 1.29 is 42.8 Å².